The fraction of sp³-hybridized carbons (Fsp3) is 0.714. The zero-order valence-electron chi connectivity index (χ0n) is 35.2. The molecule has 12 nitrogen and oxygen atoms in total. The van der Waals surface area contributed by atoms with Gasteiger partial charge < -0.3 is 58.5 Å². The Labute approximate surface area is 355 Å². The molecule has 0 aliphatic rings. The molecule has 55 heavy (non-hydrogen) atoms. The quantitative estimate of drug-likeness (QED) is 0.0678. The Morgan fingerprint density at radius 1 is 0.436 bits per heavy atom. The standard InChI is InChI=1S/3C12H21O3.C6H14NO2.Zr/c3*1-4-7-14-10-12(6-3,9-13)11-15-8-5-2;1-7(2)3-5-9-6-4-8;/h3*4-5H,1-2,6-11H2,3H3;3-6H2,1-2H3;/q4*-1;+4. The van der Waals surface area contributed by atoms with Crippen molar-refractivity contribution in [1.29, 1.82) is 0 Å². The molecule has 320 valence electrons. The smallest absolute Gasteiger partial charge is 0.854 e. The van der Waals surface area contributed by atoms with Crippen molar-refractivity contribution in [1.82, 2.24) is 4.90 Å². The molecule has 0 aromatic carbocycles. The summed E-state index contributed by atoms with van der Waals surface area (Å²) >= 11 is 0. The van der Waals surface area contributed by atoms with Gasteiger partial charge in [0.05, 0.1) is 85.9 Å². The van der Waals surface area contributed by atoms with Gasteiger partial charge in [-0.05, 0) is 33.4 Å². The van der Waals surface area contributed by atoms with Crippen LogP contribution in [0.5, 0.6) is 0 Å². The van der Waals surface area contributed by atoms with E-state index in [4.69, 9.17) is 33.2 Å². The maximum absolute atomic E-state index is 11.2. The van der Waals surface area contributed by atoms with Gasteiger partial charge in [-0.25, -0.2) is 0 Å². The number of hydrogen-bond acceptors (Lipinski definition) is 12. The van der Waals surface area contributed by atoms with Crippen molar-refractivity contribution in [2.24, 2.45) is 16.2 Å². The van der Waals surface area contributed by atoms with E-state index >= 15 is 0 Å². The summed E-state index contributed by atoms with van der Waals surface area (Å²) < 4.78 is 37.0. The first kappa shape index (κ1) is 63.0. The van der Waals surface area contributed by atoms with E-state index in [2.05, 4.69) is 39.5 Å². The van der Waals surface area contributed by atoms with Crippen LogP contribution in [0.15, 0.2) is 75.9 Å². The van der Waals surface area contributed by atoms with Gasteiger partial charge in [-0.2, -0.15) is 0 Å². The summed E-state index contributed by atoms with van der Waals surface area (Å²) in [6.07, 6.45) is 12.3. The Balaban J connectivity index is -0.000000204. The summed E-state index contributed by atoms with van der Waals surface area (Å²) in [5, 5.41) is 43.3. The molecule has 0 N–H and O–H groups in total. The average molecular weight is 863 g/mol. The molecule has 0 unspecified atom stereocenters. The van der Waals surface area contributed by atoms with E-state index in [1.807, 2.05) is 39.8 Å². The number of likely N-dealkylation sites (N-methyl/N-ethyl adjacent to an activating group) is 1. The van der Waals surface area contributed by atoms with Crippen molar-refractivity contribution in [3.63, 3.8) is 0 Å². The maximum Gasteiger partial charge on any atom is 4.00 e. The molecule has 0 saturated heterocycles. The van der Waals surface area contributed by atoms with Crippen LogP contribution in [-0.4, -0.2) is 144 Å². The normalized spacial score (nSPS) is 11.0. The molecule has 0 aliphatic heterocycles. The van der Waals surface area contributed by atoms with Gasteiger partial charge in [-0.15, -0.1) is 65.9 Å². The summed E-state index contributed by atoms with van der Waals surface area (Å²) in [5.74, 6) is 0. The zero-order chi connectivity index (χ0) is 41.8. The fourth-order valence-corrected chi connectivity index (χ4v) is 3.85. The minimum absolute atomic E-state index is 0. The Bertz CT molecular complexity index is 706. The summed E-state index contributed by atoms with van der Waals surface area (Å²) in [7, 11) is 3.95. The Kier molecular flexibility index (Phi) is 54.1. The molecule has 0 spiro atoms. The fourth-order valence-electron chi connectivity index (χ4n) is 3.85. The van der Waals surface area contributed by atoms with Gasteiger partial charge in [0.15, 0.2) is 0 Å². The van der Waals surface area contributed by atoms with Crippen LogP contribution in [0, 0.1) is 16.2 Å². The molecule has 0 aliphatic carbocycles. The van der Waals surface area contributed by atoms with Gasteiger partial charge in [-0.1, -0.05) is 57.2 Å². The molecule has 0 aromatic rings. The van der Waals surface area contributed by atoms with Crippen LogP contribution in [0.4, 0.5) is 0 Å². The zero-order valence-corrected chi connectivity index (χ0v) is 37.7. The van der Waals surface area contributed by atoms with Crippen molar-refractivity contribution < 1.29 is 79.8 Å². The van der Waals surface area contributed by atoms with Gasteiger partial charge in [0.2, 0.25) is 0 Å². The van der Waals surface area contributed by atoms with E-state index < -0.39 is 16.2 Å². The van der Waals surface area contributed by atoms with E-state index in [9.17, 15) is 20.4 Å². The van der Waals surface area contributed by atoms with Gasteiger partial charge in [0.25, 0.3) is 0 Å². The first-order valence-corrected chi connectivity index (χ1v) is 18.7. The van der Waals surface area contributed by atoms with Gasteiger partial charge in [0, 0.05) is 29.4 Å². The van der Waals surface area contributed by atoms with Gasteiger partial charge in [0.1, 0.15) is 0 Å². The van der Waals surface area contributed by atoms with Crippen LogP contribution in [0.25, 0.3) is 0 Å². The second-order valence-corrected chi connectivity index (χ2v) is 12.9. The van der Waals surface area contributed by atoms with Crippen LogP contribution < -0.4 is 20.4 Å². The molecule has 0 saturated carbocycles. The molecule has 0 heterocycles. The Morgan fingerprint density at radius 2 is 0.673 bits per heavy atom. The summed E-state index contributed by atoms with van der Waals surface area (Å²) in [5.41, 5.74) is -1.23. The third-order valence-corrected chi connectivity index (χ3v) is 7.94. The summed E-state index contributed by atoms with van der Waals surface area (Å²) in [6.45, 7) is 33.9. The Hall–Kier alpha value is -1.16. The molecule has 0 aromatic heterocycles. The predicted octanol–water partition coefficient (Wildman–Crippen LogP) is 2.37. The van der Waals surface area contributed by atoms with Gasteiger partial charge in [-0.3, -0.25) is 0 Å². The molecule has 0 rings (SSSR count). The second kappa shape index (κ2) is 47.2. The van der Waals surface area contributed by atoms with E-state index in [0.717, 1.165) is 25.8 Å². The molecule has 0 atom stereocenters. The van der Waals surface area contributed by atoms with E-state index in [-0.39, 0.29) is 52.6 Å². The third-order valence-electron chi connectivity index (χ3n) is 7.94. The number of nitrogens with zero attached hydrogens (tertiary/aromatic N) is 1. The average Bonchev–Trinajstić information content (AvgIpc) is 3.19. The van der Waals surface area contributed by atoms with Crippen LogP contribution >= 0.6 is 0 Å². The van der Waals surface area contributed by atoms with E-state index in [0.29, 0.717) is 92.5 Å². The Morgan fingerprint density at radius 3 is 0.818 bits per heavy atom. The minimum atomic E-state index is -0.411. The predicted molar refractivity (Wildman–Crippen MR) is 213 cm³/mol. The number of rotatable bonds is 35. The summed E-state index contributed by atoms with van der Waals surface area (Å²) in [6, 6.07) is 0. The van der Waals surface area contributed by atoms with E-state index in [1.54, 1.807) is 36.5 Å². The van der Waals surface area contributed by atoms with Crippen LogP contribution in [0.3, 0.4) is 0 Å². The second-order valence-electron chi connectivity index (χ2n) is 12.9. The molecule has 0 fully saturated rings. The van der Waals surface area contributed by atoms with Crippen molar-refractivity contribution in [3.05, 3.63) is 75.9 Å². The molecule has 13 heteroatoms. The molecule has 0 amide bonds. The first-order chi connectivity index (χ1) is 26.0. The molecular weight excluding hydrogens is 786 g/mol. The van der Waals surface area contributed by atoms with Crippen molar-refractivity contribution >= 4 is 0 Å². The SMILES string of the molecule is C=CCOCC(CC)(C[O-])COCC=C.C=CCOCC(CC)(C[O-])COCC=C.C=CCOCC(CC)(C[O-])COCC=C.CN(C)CCOCC[O-].[Zr+4]. The van der Waals surface area contributed by atoms with Gasteiger partial charge >= 0.3 is 26.2 Å². The first-order valence-electron chi connectivity index (χ1n) is 18.7. The topological polar surface area (TPSA) is 160 Å². The molecule has 0 bridgehead atoms. The van der Waals surface area contributed by atoms with Crippen LogP contribution in [0.2, 0.25) is 0 Å². The maximum atomic E-state index is 11.2. The largest absolute Gasteiger partial charge is 4.00 e. The molecule has 0 radical (unpaired) electrons. The number of hydrogen-bond donors (Lipinski definition) is 0. The monoisotopic (exact) mass is 861 g/mol. The minimum Gasteiger partial charge on any atom is -0.854 e. The van der Waals surface area contributed by atoms with E-state index in [1.165, 1.54) is 0 Å². The van der Waals surface area contributed by atoms with Crippen molar-refractivity contribution in [2.45, 2.75) is 40.0 Å². The number of ether oxygens (including phenoxy) is 7. The van der Waals surface area contributed by atoms with Crippen molar-refractivity contribution in [3.8, 4) is 0 Å². The van der Waals surface area contributed by atoms with Crippen molar-refractivity contribution in [2.75, 3.05) is 140 Å². The van der Waals surface area contributed by atoms with Crippen LogP contribution in [0.1, 0.15) is 40.0 Å². The third kappa shape index (κ3) is 39.5. The summed E-state index contributed by atoms with van der Waals surface area (Å²) in [4.78, 5) is 2.02. The van der Waals surface area contributed by atoms with Crippen LogP contribution in [-0.2, 0) is 59.4 Å². The molecular formula is C42H77NO11Zr.